The summed E-state index contributed by atoms with van der Waals surface area (Å²) in [5, 5.41) is 3.30. The van der Waals surface area contributed by atoms with Gasteiger partial charge in [0.05, 0.1) is 0 Å². The fraction of sp³-hybridized carbons (Fsp3) is 0.917. The van der Waals surface area contributed by atoms with E-state index in [-0.39, 0.29) is 5.60 Å². The van der Waals surface area contributed by atoms with Crippen LogP contribution in [0.15, 0.2) is 0 Å². The van der Waals surface area contributed by atoms with Crippen LogP contribution in [0.5, 0.6) is 0 Å². The van der Waals surface area contributed by atoms with Gasteiger partial charge in [0.25, 0.3) is 6.47 Å². The van der Waals surface area contributed by atoms with Gasteiger partial charge in [-0.25, -0.2) is 0 Å². The highest BCUT2D eigenvalue weighted by molar-refractivity contribution is 5.37. The number of hydrogen-bond donors (Lipinski definition) is 1. The number of carbonyl (C=O) groups excluding carboxylic acids is 1. The van der Waals surface area contributed by atoms with Gasteiger partial charge in [0.2, 0.25) is 0 Å². The van der Waals surface area contributed by atoms with Crippen LogP contribution in [0.3, 0.4) is 0 Å². The molecule has 1 rings (SSSR count). The third-order valence-electron chi connectivity index (χ3n) is 2.42. The van der Waals surface area contributed by atoms with Crippen LogP contribution in [0, 0.1) is 0 Å². The van der Waals surface area contributed by atoms with Crippen molar-refractivity contribution in [3.63, 3.8) is 0 Å². The molecule has 0 radical (unpaired) electrons. The van der Waals surface area contributed by atoms with E-state index in [2.05, 4.69) is 17.1 Å². The molecule has 0 saturated heterocycles. The highest BCUT2D eigenvalue weighted by Gasteiger charge is 2.09. The largest absolute Gasteiger partial charge is 0.462 e. The van der Waals surface area contributed by atoms with Crippen molar-refractivity contribution < 1.29 is 9.53 Å². The van der Waals surface area contributed by atoms with Crippen molar-refractivity contribution in [2.24, 2.45) is 0 Å². The summed E-state index contributed by atoms with van der Waals surface area (Å²) in [5.74, 6) is 0. The van der Waals surface area contributed by atoms with E-state index in [1.165, 1.54) is 32.1 Å². The minimum atomic E-state index is -0.318. The number of carbonyl (C=O) groups is 1. The molecule has 0 spiro atoms. The van der Waals surface area contributed by atoms with E-state index in [0.717, 1.165) is 6.04 Å². The maximum Gasteiger partial charge on any atom is 0.293 e. The van der Waals surface area contributed by atoms with Crippen LogP contribution in [0.1, 0.15) is 52.9 Å². The first kappa shape index (κ1) is 14.4. The Balaban J connectivity index is 0.000000265. The summed E-state index contributed by atoms with van der Waals surface area (Å²) in [4.78, 5) is 9.60. The molecule has 0 aromatic heterocycles. The lowest BCUT2D eigenvalue weighted by atomic mass is 9.96. The van der Waals surface area contributed by atoms with Gasteiger partial charge in [-0.05, 0) is 40.7 Å². The van der Waals surface area contributed by atoms with Gasteiger partial charge < -0.3 is 10.1 Å². The number of hydrogen-bond acceptors (Lipinski definition) is 3. The smallest absolute Gasteiger partial charge is 0.293 e. The summed E-state index contributed by atoms with van der Waals surface area (Å²) in [6.45, 7) is 5.92. The summed E-state index contributed by atoms with van der Waals surface area (Å²) in [6, 6.07) is 0.837. The van der Waals surface area contributed by atoms with Crippen molar-refractivity contribution >= 4 is 6.47 Å². The molecule has 0 bridgehead atoms. The first-order valence-corrected chi connectivity index (χ1v) is 5.78. The molecule has 1 aliphatic rings. The van der Waals surface area contributed by atoms with Crippen LogP contribution in [0.2, 0.25) is 0 Å². The molecular weight excluding hydrogens is 190 g/mol. The Morgan fingerprint density at radius 3 is 1.93 bits per heavy atom. The van der Waals surface area contributed by atoms with Crippen LogP contribution in [-0.4, -0.2) is 25.2 Å². The Labute approximate surface area is 93.6 Å². The molecule has 0 aromatic carbocycles. The molecule has 15 heavy (non-hydrogen) atoms. The molecule has 1 saturated carbocycles. The Kier molecular flexibility index (Phi) is 7.39. The normalized spacial score (nSPS) is 17.6. The van der Waals surface area contributed by atoms with E-state index in [1.54, 1.807) is 0 Å². The maximum atomic E-state index is 9.60. The molecule has 1 fully saturated rings. The van der Waals surface area contributed by atoms with Gasteiger partial charge in [0.15, 0.2) is 0 Å². The van der Waals surface area contributed by atoms with Gasteiger partial charge in [0.1, 0.15) is 5.60 Å². The molecule has 0 aromatic rings. The minimum absolute atomic E-state index is 0.318. The molecular formula is C12H25NO2. The zero-order valence-corrected chi connectivity index (χ0v) is 10.5. The Bertz CT molecular complexity index is 157. The van der Waals surface area contributed by atoms with E-state index < -0.39 is 0 Å². The molecule has 90 valence electrons. The second-order valence-electron chi connectivity index (χ2n) is 4.95. The Morgan fingerprint density at radius 1 is 1.20 bits per heavy atom. The van der Waals surface area contributed by atoms with E-state index in [4.69, 9.17) is 0 Å². The molecule has 0 unspecified atom stereocenters. The average molecular weight is 215 g/mol. The van der Waals surface area contributed by atoms with Crippen LogP contribution in [-0.2, 0) is 9.53 Å². The van der Waals surface area contributed by atoms with Gasteiger partial charge in [-0.1, -0.05) is 19.3 Å². The number of nitrogens with one attached hydrogen (secondary N) is 1. The van der Waals surface area contributed by atoms with Gasteiger partial charge >= 0.3 is 0 Å². The zero-order valence-electron chi connectivity index (χ0n) is 10.5. The van der Waals surface area contributed by atoms with Gasteiger partial charge in [-0.3, -0.25) is 4.79 Å². The molecule has 1 N–H and O–H groups in total. The van der Waals surface area contributed by atoms with Crippen molar-refractivity contribution in [3.05, 3.63) is 0 Å². The molecule has 0 heterocycles. The quantitative estimate of drug-likeness (QED) is 0.719. The van der Waals surface area contributed by atoms with Crippen molar-refractivity contribution in [2.75, 3.05) is 7.05 Å². The van der Waals surface area contributed by atoms with E-state index in [1.807, 2.05) is 20.8 Å². The monoisotopic (exact) mass is 215 g/mol. The molecule has 3 nitrogen and oxygen atoms in total. The second kappa shape index (κ2) is 7.69. The van der Waals surface area contributed by atoms with Crippen LogP contribution < -0.4 is 5.32 Å². The van der Waals surface area contributed by atoms with Crippen molar-refractivity contribution in [1.29, 1.82) is 0 Å². The summed E-state index contributed by atoms with van der Waals surface area (Å²) < 4.78 is 4.55. The third-order valence-corrected chi connectivity index (χ3v) is 2.42. The van der Waals surface area contributed by atoms with Crippen LogP contribution in [0.25, 0.3) is 0 Å². The predicted molar refractivity (Wildman–Crippen MR) is 62.8 cm³/mol. The SMILES string of the molecule is CC(C)(C)OC=O.CNC1CCCCC1. The first-order chi connectivity index (χ1) is 6.99. The standard InChI is InChI=1S/C7H15N.C5H10O2/c1-8-7-5-3-2-4-6-7;1-5(2,3)7-4-6/h7-8H,2-6H2,1H3;4H,1-3H3. The van der Waals surface area contributed by atoms with E-state index in [9.17, 15) is 4.79 Å². The van der Waals surface area contributed by atoms with Crippen molar-refractivity contribution in [3.8, 4) is 0 Å². The number of ether oxygens (including phenoxy) is 1. The fourth-order valence-corrected chi connectivity index (χ4v) is 1.54. The molecule has 0 atom stereocenters. The summed E-state index contributed by atoms with van der Waals surface area (Å²) in [6.07, 6.45) is 7.13. The summed E-state index contributed by atoms with van der Waals surface area (Å²) in [5.41, 5.74) is -0.318. The predicted octanol–water partition coefficient (Wildman–Crippen LogP) is 2.50. The van der Waals surface area contributed by atoms with Crippen LogP contribution in [0.4, 0.5) is 0 Å². The molecule has 3 heteroatoms. The van der Waals surface area contributed by atoms with E-state index in [0.29, 0.717) is 6.47 Å². The average Bonchev–Trinajstić information content (AvgIpc) is 2.18. The zero-order chi connectivity index (χ0) is 11.7. The minimum Gasteiger partial charge on any atom is -0.462 e. The highest BCUT2D eigenvalue weighted by Crippen LogP contribution is 2.16. The summed E-state index contributed by atoms with van der Waals surface area (Å²) >= 11 is 0. The van der Waals surface area contributed by atoms with Crippen LogP contribution >= 0.6 is 0 Å². The fourth-order valence-electron chi connectivity index (χ4n) is 1.54. The topological polar surface area (TPSA) is 38.3 Å². The first-order valence-electron chi connectivity index (χ1n) is 5.78. The molecule has 1 aliphatic carbocycles. The maximum absolute atomic E-state index is 9.60. The van der Waals surface area contributed by atoms with Crippen molar-refractivity contribution in [1.82, 2.24) is 5.32 Å². The lowest BCUT2D eigenvalue weighted by Gasteiger charge is -2.20. The molecule has 0 aliphatic heterocycles. The van der Waals surface area contributed by atoms with E-state index >= 15 is 0 Å². The lowest BCUT2D eigenvalue weighted by Crippen LogP contribution is -2.26. The number of rotatable bonds is 2. The lowest BCUT2D eigenvalue weighted by molar-refractivity contribution is -0.138. The second-order valence-corrected chi connectivity index (χ2v) is 4.95. The highest BCUT2D eigenvalue weighted by atomic mass is 16.5. The third kappa shape index (κ3) is 9.73. The Morgan fingerprint density at radius 2 is 1.73 bits per heavy atom. The molecule has 0 amide bonds. The Hall–Kier alpha value is -0.570. The summed E-state index contributed by atoms with van der Waals surface area (Å²) in [7, 11) is 2.07. The van der Waals surface area contributed by atoms with Gasteiger partial charge in [-0.2, -0.15) is 0 Å². The van der Waals surface area contributed by atoms with Gasteiger partial charge in [-0.15, -0.1) is 0 Å². The van der Waals surface area contributed by atoms with Crippen molar-refractivity contribution in [2.45, 2.75) is 64.5 Å². The van der Waals surface area contributed by atoms with Gasteiger partial charge in [0, 0.05) is 6.04 Å².